The summed E-state index contributed by atoms with van der Waals surface area (Å²) in [6.07, 6.45) is 4.31. The van der Waals surface area contributed by atoms with Crippen LogP contribution in [-0.2, 0) is 4.74 Å². The average Bonchev–Trinajstić information content (AvgIpc) is 2.73. The molecule has 0 atom stereocenters. The van der Waals surface area contributed by atoms with Gasteiger partial charge in [0.1, 0.15) is 11.5 Å². The van der Waals surface area contributed by atoms with Crippen LogP contribution in [0.15, 0.2) is 48.5 Å². The zero-order chi connectivity index (χ0) is 19.8. The number of carbonyl (C=O) groups excluding carboxylic acids is 1. The van der Waals surface area contributed by atoms with Crippen LogP contribution in [0.25, 0.3) is 0 Å². The fourth-order valence-corrected chi connectivity index (χ4v) is 3.45. The van der Waals surface area contributed by atoms with Gasteiger partial charge in [-0.3, -0.25) is 4.79 Å². The number of ether oxygens (including phenoxy) is 3. The Hall–Kier alpha value is -2.24. The Kier molecular flexibility index (Phi) is 7.57. The third kappa shape index (κ3) is 6.14. The largest absolute Gasteiger partial charge is 0.490 e. The van der Waals surface area contributed by atoms with E-state index in [1.54, 1.807) is 31.4 Å². The number of amides is 1. The topological polar surface area (TPSA) is 56.8 Å². The molecule has 0 heterocycles. The second kappa shape index (κ2) is 10.3. The highest BCUT2D eigenvalue weighted by Gasteiger charge is 2.23. The molecule has 1 amide bonds. The number of halogens is 1. The highest BCUT2D eigenvalue weighted by molar-refractivity contribution is 6.30. The molecule has 1 aliphatic carbocycles. The van der Waals surface area contributed by atoms with Gasteiger partial charge in [-0.05, 0) is 80.1 Å². The van der Waals surface area contributed by atoms with Crippen molar-refractivity contribution in [3.8, 4) is 11.5 Å². The van der Waals surface area contributed by atoms with Gasteiger partial charge in [0, 0.05) is 24.2 Å². The van der Waals surface area contributed by atoms with E-state index in [9.17, 15) is 4.79 Å². The minimum absolute atomic E-state index is 0.0576. The molecule has 6 heteroatoms. The van der Waals surface area contributed by atoms with Gasteiger partial charge in [0.2, 0.25) is 0 Å². The molecule has 0 aromatic heterocycles. The van der Waals surface area contributed by atoms with Gasteiger partial charge in [-0.25, -0.2) is 0 Å². The van der Waals surface area contributed by atoms with Crippen LogP contribution in [0.2, 0.25) is 5.02 Å². The van der Waals surface area contributed by atoms with Crippen LogP contribution >= 0.6 is 11.6 Å². The molecule has 5 nitrogen and oxygen atoms in total. The Bertz CT molecular complexity index is 740. The predicted molar refractivity (Wildman–Crippen MR) is 109 cm³/mol. The summed E-state index contributed by atoms with van der Waals surface area (Å²) in [5.74, 6) is 1.97. The SMILES string of the molecule is COCOc1ccc(C(=O)NCC2CCC(Oc3ccc(Cl)cc3)CC2)cc1. The Balaban J connectivity index is 1.38. The lowest BCUT2D eigenvalue weighted by molar-refractivity contribution is 0.0511. The maximum atomic E-state index is 12.3. The van der Waals surface area contributed by atoms with Crippen LogP contribution < -0.4 is 14.8 Å². The lowest BCUT2D eigenvalue weighted by Gasteiger charge is -2.29. The lowest BCUT2D eigenvalue weighted by Crippen LogP contribution is -2.33. The first-order chi connectivity index (χ1) is 13.6. The van der Waals surface area contributed by atoms with E-state index in [4.69, 9.17) is 25.8 Å². The van der Waals surface area contributed by atoms with E-state index in [0.717, 1.165) is 31.4 Å². The fraction of sp³-hybridized carbons (Fsp3) is 0.409. The van der Waals surface area contributed by atoms with Gasteiger partial charge in [-0.15, -0.1) is 0 Å². The highest BCUT2D eigenvalue weighted by Crippen LogP contribution is 2.28. The average molecular weight is 404 g/mol. The summed E-state index contributed by atoms with van der Waals surface area (Å²) in [6.45, 7) is 0.879. The monoisotopic (exact) mass is 403 g/mol. The third-order valence-corrected chi connectivity index (χ3v) is 5.17. The predicted octanol–water partition coefficient (Wildman–Crippen LogP) is 4.69. The van der Waals surface area contributed by atoms with E-state index < -0.39 is 0 Å². The molecular weight excluding hydrogens is 378 g/mol. The molecule has 150 valence electrons. The molecular formula is C22H26ClNO4. The van der Waals surface area contributed by atoms with Crippen molar-refractivity contribution in [2.75, 3.05) is 20.4 Å². The molecule has 0 saturated heterocycles. The third-order valence-electron chi connectivity index (χ3n) is 4.92. The maximum Gasteiger partial charge on any atom is 0.251 e. The summed E-state index contributed by atoms with van der Waals surface area (Å²) in [4.78, 5) is 12.3. The van der Waals surface area contributed by atoms with Crippen molar-refractivity contribution in [1.82, 2.24) is 5.32 Å². The molecule has 0 spiro atoms. The van der Waals surface area contributed by atoms with Crippen molar-refractivity contribution < 1.29 is 19.0 Å². The van der Waals surface area contributed by atoms with Crippen molar-refractivity contribution >= 4 is 17.5 Å². The number of nitrogens with one attached hydrogen (secondary N) is 1. The first-order valence-corrected chi connectivity index (χ1v) is 9.94. The smallest absolute Gasteiger partial charge is 0.251 e. The van der Waals surface area contributed by atoms with Crippen molar-refractivity contribution in [3.05, 3.63) is 59.1 Å². The standard InChI is InChI=1S/C22H26ClNO4/c1-26-15-27-19-10-4-17(5-11-19)22(25)24-14-16-2-8-20(9-3-16)28-21-12-6-18(23)7-13-21/h4-7,10-13,16,20H,2-3,8-9,14-15H2,1H3,(H,24,25). The summed E-state index contributed by atoms with van der Waals surface area (Å²) < 4.78 is 16.2. The van der Waals surface area contributed by atoms with Crippen LogP contribution in [0, 0.1) is 5.92 Å². The van der Waals surface area contributed by atoms with Crippen molar-refractivity contribution in [2.24, 2.45) is 5.92 Å². The molecule has 2 aromatic rings. The normalized spacial score (nSPS) is 19.1. The van der Waals surface area contributed by atoms with Crippen LogP contribution in [0.4, 0.5) is 0 Å². The van der Waals surface area contributed by atoms with E-state index in [0.29, 0.717) is 28.8 Å². The summed E-state index contributed by atoms with van der Waals surface area (Å²) in [5.41, 5.74) is 0.629. The van der Waals surface area contributed by atoms with Gasteiger partial charge in [-0.2, -0.15) is 0 Å². The molecule has 1 fully saturated rings. The molecule has 1 N–H and O–H groups in total. The number of rotatable bonds is 8. The van der Waals surface area contributed by atoms with Crippen LogP contribution in [0.5, 0.6) is 11.5 Å². The first kappa shape index (κ1) is 20.5. The second-order valence-corrected chi connectivity index (χ2v) is 7.44. The molecule has 2 aromatic carbocycles. The van der Waals surface area contributed by atoms with E-state index in [1.165, 1.54) is 0 Å². The molecule has 3 rings (SSSR count). The van der Waals surface area contributed by atoms with Crippen LogP contribution in [0.3, 0.4) is 0 Å². The maximum absolute atomic E-state index is 12.3. The lowest BCUT2D eigenvalue weighted by atomic mass is 9.87. The summed E-state index contributed by atoms with van der Waals surface area (Å²) in [5, 5.41) is 3.75. The van der Waals surface area contributed by atoms with Crippen LogP contribution in [-0.4, -0.2) is 32.5 Å². The second-order valence-electron chi connectivity index (χ2n) is 7.00. The zero-order valence-electron chi connectivity index (χ0n) is 16.0. The Morgan fingerprint density at radius 2 is 1.64 bits per heavy atom. The Morgan fingerprint density at radius 1 is 1.00 bits per heavy atom. The highest BCUT2D eigenvalue weighted by atomic mass is 35.5. The van der Waals surface area contributed by atoms with E-state index >= 15 is 0 Å². The number of hydrogen-bond acceptors (Lipinski definition) is 4. The van der Waals surface area contributed by atoms with Crippen molar-refractivity contribution in [3.63, 3.8) is 0 Å². The minimum Gasteiger partial charge on any atom is -0.490 e. The number of methoxy groups -OCH3 is 1. The van der Waals surface area contributed by atoms with Gasteiger partial charge < -0.3 is 19.5 Å². The van der Waals surface area contributed by atoms with Crippen LogP contribution in [0.1, 0.15) is 36.0 Å². The minimum atomic E-state index is -0.0576. The molecule has 1 saturated carbocycles. The van der Waals surface area contributed by atoms with Gasteiger partial charge in [0.05, 0.1) is 6.10 Å². The number of hydrogen-bond donors (Lipinski definition) is 1. The first-order valence-electron chi connectivity index (χ1n) is 9.56. The van der Waals surface area contributed by atoms with E-state index in [2.05, 4.69) is 5.32 Å². The summed E-state index contributed by atoms with van der Waals surface area (Å²) in [7, 11) is 1.57. The summed E-state index contributed by atoms with van der Waals surface area (Å²) >= 11 is 5.90. The number of carbonyl (C=O) groups is 1. The number of benzene rings is 2. The van der Waals surface area contributed by atoms with Gasteiger partial charge >= 0.3 is 0 Å². The van der Waals surface area contributed by atoms with Gasteiger partial charge in [0.25, 0.3) is 5.91 Å². The van der Waals surface area contributed by atoms with Crippen molar-refractivity contribution in [2.45, 2.75) is 31.8 Å². The Morgan fingerprint density at radius 3 is 2.29 bits per heavy atom. The zero-order valence-corrected chi connectivity index (χ0v) is 16.8. The molecule has 0 bridgehead atoms. The summed E-state index contributed by atoms with van der Waals surface area (Å²) in [6, 6.07) is 14.6. The fourth-order valence-electron chi connectivity index (χ4n) is 3.33. The molecule has 1 aliphatic rings. The van der Waals surface area contributed by atoms with E-state index in [1.807, 2.05) is 24.3 Å². The van der Waals surface area contributed by atoms with Gasteiger partial charge in [0.15, 0.2) is 6.79 Å². The van der Waals surface area contributed by atoms with Crippen molar-refractivity contribution in [1.29, 1.82) is 0 Å². The quantitative estimate of drug-likeness (QED) is 0.649. The molecule has 28 heavy (non-hydrogen) atoms. The van der Waals surface area contributed by atoms with E-state index in [-0.39, 0.29) is 18.8 Å². The van der Waals surface area contributed by atoms with Gasteiger partial charge in [-0.1, -0.05) is 11.6 Å². The Labute approximate surface area is 170 Å². The molecule has 0 aliphatic heterocycles. The molecule has 0 unspecified atom stereocenters. The molecule has 0 radical (unpaired) electrons.